The van der Waals surface area contributed by atoms with Gasteiger partial charge in [-0.2, -0.15) is 0 Å². The third-order valence-electron chi connectivity index (χ3n) is 5.77. The van der Waals surface area contributed by atoms with Gasteiger partial charge in [0.25, 0.3) is 0 Å². The zero-order chi connectivity index (χ0) is 16.4. The molecular weight excluding hydrogens is 318 g/mol. The highest BCUT2D eigenvalue weighted by molar-refractivity contribution is 7.11. The van der Waals surface area contributed by atoms with Gasteiger partial charge in [0.2, 0.25) is 0 Å². The molecule has 0 amide bonds. The Morgan fingerprint density at radius 2 is 1.92 bits per heavy atom. The van der Waals surface area contributed by atoms with Crippen molar-refractivity contribution in [3.05, 3.63) is 15.6 Å². The van der Waals surface area contributed by atoms with Crippen LogP contribution in [0.2, 0.25) is 0 Å². The summed E-state index contributed by atoms with van der Waals surface area (Å²) in [5.74, 6) is 0.679. The predicted octanol–water partition coefficient (Wildman–Crippen LogP) is 2.92. The first-order valence-corrected chi connectivity index (χ1v) is 10.6. The summed E-state index contributed by atoms with van der Waals surface area (Å²) in [5.41, 5.74) is 1.43. The lowest BCUT2D eigenvalue weighted by Crippen LogP contribution is -2.46. The molecule has 0 unspecified atom stereocenters. The number of morpholine rings is 1. The van der Waals surface area contributed by atoms with Crippen LogP contribution in [-0.4, -0.2) is 66.8 Å². The van der Waals surface area contributed by atoms with Gasteiger partial charge in [0.05, 0.1) is 23.4 Å². The molecule has 0 spiro atoms. The van der Waals surface area contributed by atoms with E-state index in [1.165, 1.54) is 75.4 Å². The van der Waals surface area contributed by atoms with Gasteiger partial charge in [-0.05, 0) is 52.0 Å². The SMILES string of the molecule is C[C@H]1CN(CCN2CCC[C@H](c3nc4c(s3)CCCC4)C2)CCO1. The van der Waals surface area contributed by atoms with Gasteiger partial charge in [-0.15, -0.1) is 11.3 Å². The molecule has 0 N–H and O–H groups in total. The summed E-state index contributed by atoms with van der Waals surface area (Å²) >= 11 is 2.03. The quantitative estimate of drug-likeness (QED) is 0.836. The van der Waals surface area contributed by atoms with E-state index in [0.717, 1.165) is 19.7 Å². The Balaban J connectivity index is 1.31. The first-order chi connectivity index (χ1) is 11.8. The van der Waals surface area contributed by atoms with Crippen molar-refractivity contribution in [2.75, 3.05) is 45.9 Å². The molecule has 3 aliphatic rings. The number of ether oxygens (including phenoxy) is 1. The molecule has 1 aromatic rings. The fourth-order valence-corrected chi connectivity index (χ4v) is 5.66. The Kier molecular flexibility index (Phi) is 5.52. The Morgan fingerprint density at radius 1 is 1.08 bits per heavy atom. The van der Waals surface area contributed by atoms with Crippen LogP contribution in [0.3, 0.4) is 0 Å². The zero-order valence-electron chi connectivity index (χ0n) is 15.0. The van der Waals surface area contributed by atoms with Crippen molar-refractivity contribution in [3.63, 3.8) is 0 Å². The van der Waals surface area contributed by atoms with Gasteiger partial charge in [-0.3, -0.25) is 4.90 Å². The second kappa shape index (κ2) is 7.81. The van der Waals surface area contributed by atoms with Gasteiger partial charge < -0.3 is 9.64 Å². The summed E-state index contributed by atoms with van der Waals surface area (Å²) in [6, 6.07) is 0. The van der Waals surface area contributed by atoms with Crippen molar-refractivity contribution in [1.82, 2.24) is 14.8 Å². The molecule has 0 saturated carbocycles. The molecule has 2 fully saturated rings. The number of piperidine rings is 1. The highest BCUT2D eigenvalue weighted by atomic mass is 32.1. The molecule has 4 nitrogen and oxygen atoms in total. The van der Waals surface area contributed by atoms with Crippen LogP contribution in [0.4, 0.5) is 0 Å². The predicted molar refractivity (Wildman–Crippen MR) is 99.0 cm³/mol. The number of likely N-dealkylation sites (tertiary alicyclic amines) is 1. The molecular formula is C19H31N3OS. The van der Waals surface area contributed by atoms with Crippen LogP contribution in [-0.2, 0) is 17.6 Å². The Morgan fingerprint density at radius 3 is 2.75 bits per heavy atom. The molecule has 0 radical (unpaired) electrons. The maximum Gasteiger partial charge on any atom is 0.0974 e. The Labute approximate surface area is 150 Å². The second-order valence-corrected chi connectivity index (χ2v) is 8.87. The van der Waals surface area contributed by atoms with Gasteiger partial charge in [0.1, 0.15) is 0 Å². The maximum absolute atomic E-state index is 5.65. The van der Waals surface area contributed by atoms with Crippen molar-refractivity contribution in [2.24, 2.45) is 0 Å². The average molecular weight is 350 g/mol. The molecule has 5 heteroatoms. The van der Waals surface area contributed by atoms with Crippen molar-refractivity contribution < 1.29 is 4.74 Å². The minimum absolute atomic E-state index is 0.398. The smallest absolute Gasteiger partial charge is 0.0974 e. The summed E-state index contributed by atoms with van der Waals surface area (Å²) < 4.78 is 5.65. The lowest BCUT2D eigenvalue weighted by Gasteiger charge is -2.35. The Hall–Kier alpha value is -0.490. The van der Waals surface area contributed by atoms with Crippen molar-refractivity contribution in [2.45, 2.75) is 57.5 Å². The Bertz CT molecular complexity index is 523. The molecule has 24 heavy (non-hydrogen) atoms. The number of nitrogens with zero attached hydrogens (tertiary/aromatic N) is 3. The van der Waals surface area contributed by atoms with Gasteiger partial charge in [0.15, 0.2) is 0 Å². The number of rotatable bonds is 4. The number of hydrogen-bond acceptors (Lipinski definition) is 5. The summed E-state index contributed by atoms with van der Waals surface area (Å²) in [6.07, 6.45) is 8.26. The number of thiazole rings is 1. The summed E-state index contributed by atoms with van der Waals surface area (Å²) in [7, 11) is 0. The average Bonchev–Trinajstić information content (AvgIpc) is 3.05. The van der Waals surface area contributed by atoms with E-state index in [-0.39, 0.29) is 0 Å². The van der Waals surface area contributed by atoms with Crippen LogP contribution >= 0.6 is 11.3 Å². The lowest BCUT2D eigenvalue weighted by molar-refractivity contribution is -0.0212. The van der Waals surface area contributed by atoms with Crippen LogP contribution < -0.4 is 0 Å². The largest absolute Gasteiger partial charge is 0.376 e. The number of fused-ring (bicyclic) bond motifs is 1. The molecule has 134 valence electrons. The van der Waals surface area contributed by atoms with Crippen LogP contribution in [0, 0.1) is 0 Å². The molecule has 1 aromatic heterocycles. The van der Waals surface area contributed by atoms with Gasteiger partial charge in [-0.1, -0.05) is 0 Å². The first-order valence-electron chi connectivity index (χ1n) is 9.83. The minimum atomic E-state index is 0.398. The fourth-order valence-electron chi connectivity index (χ4n) is 4.38. The van der Waals surface area contributed by atoms with Crippen molar-refractivity contribution in [1.29, 1.82) is 0 Å². The third kappa shape index (κ3) is 4.01. The van der Waals surface area contributed by atoms with Crippen LogP contribution in [0.1, 0.15) is 54.1 Å². The molecule has 3 heterocycles. The fraction of sp³-hybridized carbons (Fsp3) is 0.842. The monoisotopic (exact) mass is 349 g/mol. The molecule has 2 aliphatic heterocycles. The standard InChI is InChI=1S/C19H31N3OS/c1-15-13-22(11-12-23-15)10-9-21-8-4-5-16(14-21)19-20-17-6-2-3-7-18(17)24-19/h15-16H,2-14H2,1H3/t15-,16-/m0/s1. The summed E-state index contributed by atoms with van der Waals surface area (Å²) in [6.45, 7) is 10.1. The minimum Gasteiger partial charge on any atom is -0.376 e. The molecule has 0 bridgehead atoms. The van der Waals surface area contributed by atoms with E-state index in [9.17, 15) is 0 Å². The van der Waals surface area contributed by atoms with E-state index < -0.39 is 0 Å². The topological polar surface area (TPSA) is 28.6 Å². The van der Waals surface area contributed by atoms with Gasteiger partial charge >= 0.3 is 0 Å². The number of aromatic nitrogens is 1. The second-order valence-electron chi connectivity index (χ2n) is 7.75. The van der Waals surface area contributed by atoms with E-state index in [0.29, 0.717) is 12.0 Å². The van der Waals surface area contributed by atoms with E-state index in [2.05, 4.69) is 16.7 Å². The van der Waals surface area contributed by atoms with E-state index in [4.69, 9.17) is 9.72 Å². The summed E-state index contributed by atoms with van der Waals surface area (Å²) in [4.78, 5) is 11.9. The van der Waals surface area contributed by atoms with Gasteiger partial charge in [0, 0.05) is 43.5 Å². The molecule has 0 aromatic carbocycles. The number of aryl methyl sites for hydroxylation is 2. The first kappa shape index (κ1) is 17.0. The lowest BCUT2D eigenvalue weighted by atomic mass is 9.98. The van der Waals surface area contributed by atoms with Crippen molar-refractivity contribution in [3.8, 4) is 0 Å². The molecule has 4 rings (SSSR count). The maximum atomic E-state index is 5.65. The number of hydrogen-bond donors (Lipinski definition) is 0. The van der Waals surface area contributed by atoms with E-state index in [1.807, 2.05) is 11.3 Å². The molecule has 1 aliphatic carbocycles. The molecule has 2 saturated heterocycles. The van der Waals surface area contributed by atoms with Crippen LogP contribution in [0.5, 0.6) is 0 Å². The highest BCUT2D eigenvalue weighted by Gasteiger charge is 2.26. The highest BCUT2D eigenvalue weighted by Crippen LogP contribution is 2.34. The van der Waals surface area contributed by atoms with Gasteiger partial charge in [-0.25, -0.2) is 4.98 Å². The van der Waals surface area contributed by atoms with Crippen LogP contribution in [0.25, 0.3) is 0 Å². The zero-order valence-corrected chi connectivity index (χ0v) is 15.8. The third-order valence-corrected chi connectivity index (χ3v) is 7.09. The van der Waals surface area contributed by atoms with E-state index >= 15 is 0 Å². The van der Waals surface area contributed by atoms with E-state index in [1.54, 1.807) is 4.88 Å². The normalized spacial score (nSPS) is 29.5. The van der Waals surface area contributed by atoms with Crippen molar-refractivity contribution >= 4 is 11.3 Å². The molecule has 2 atom stereocenters. The van der Waals surface area contributed by atoms with Crippen LogP contribution in [0.15, 0.2) is 0 Å². The summed E-state index contributed by atoms with van der Waals surface area (Å²) in [5, 5.41) is 1.44.